The third kappa shape index (κ3) is 6.09. The van der Waals surface area contributed by atoms with Crippen LogP contribution in [-0.4, -0.2) is 34.5 Å². The third-order valence-electron chi connectivity index (χ3n) is 7.60. The fourth-order valence-electron chi connectivity index (χ4n) is 5.52. The van der Waals surface area contributed by atoms with Gasteiger partial charge in [0, 0.05) is 18.6 Å². The zero-order valence-electron chi connectivity index (χ0n) is 19.9. The van der Waals surface area contributed by atoms with E-state index in [9.17, 15) is 0 Å². The summed E-state index contributed by atoms with van der Waals surface area (Å²) in [5, 5.41) is 3.07. The molecule has 0 atom stereocenters. The summed E-state index contributed by atoms with van der Waals surface area (Å²) in [7, 11) is -1.86. The van der Waals surface area contributed by atoms with Crippen LogP contribution in [0.25, 0.3) is 0 Å². The molecule has 2 nitrogen and oxygen atoms in total. The van der Waals surface area contributed by atoms with Gasteiger partial charge in [0.25, 0.3) is 0 Å². The van der Waals surface area contributed by atoms with E-state index in [1.165, 1.54) is 54.9 Å². The molecule has 0 bridgehead atoms. The fraction of sp³-hybridized carbons (Fsp3) is 0.571. The van der Waals surface area contributed by atoms with Crippen LogP contribution < -0.4 is 10.4 Å². The Morgan fingerprint density at radius 3 is 1.71 bits per heavy atom. The maximum Gasteiger partial charge on any atom is 0.115 e. The molecule has 2 aromatic rings. The van der Waals surface area contributed by atoms with Crippen molar-refractivity contribution in [2.45, 2.75) is 65.0 Å². The molecule has 0 aliphatic heterocycles. The molecule has 0 spiro atoms. The Hall–Kier alpha value is -1.42. The lowest BCUT2D eigenvalue weighted by atomic mass is 9.68. The van der Waals surface area contributed by atoms with Gasteiger partial charge in [0.15, 0.2) is 0 Å². The largest absolute Gasteiger partial charge is 0.381 e. The van der Waals surface area contributed by atoms with Crippen molar-refractivity contribution in [3.8, 4) is 0 Å². The molecular weight excluding hydrogens is 396 g/mol. The van der Waals surface area contributed by atoms with Gasteiger partial charge in [-0.25, -0.2) is 0 Å². The Bertz CT molecular complexity index is 693. The summed E-state index contributed by atoms with van der Waals surface area (Å²) in [6, 6.07) is 23.8. The number of hydrogen-bond acceptors (Lipinski definition) is 2. The Balaban J connectivity index is 1.93. The molecule has 1 saturated carbocycles. The van der Waals surface area contributed by atoms with Crippen molar-refractivity contribution in [2.75, 3.05) is 26.4 Å². The summed E-state index contributed by atoms with van der Waals surface area (Å²) in [5.74, 6) is 0.712. The molecule has 31 heavy (non-hydrogen) atoms. The minimum Gasteiger partial charge on any atom is -0.381 e. The first kappa shape index (κ1) is 24.2. The quantitative estimate of drug-likeness (QED) is 0.384. The van der Waals surface area contributed by atoms with Gasteiger partial charge in [-0.3, -0.25) is 0 Å². The van der Waals surface area contributed by atoms with Gasteiger partial charge >= 0.3 is 0 Å². The molecule has 0 saturated heterocycles. The molecule has 0 radical (unpaired) electrons. The highest BCUT2D eigenvalue weighted by Crippen LogP contribution is 2.44. The maximum atomic E-state index is 6.16. The van der Waals surface area contributed by atoms with Crippen LogP contribution in [0.3, 0.4) is 0 Å². The zero-order valence-corrected chi connectivity index (χ0v) is 20.9. The molecule has 3 rings (SSSR count). The van der Waals surface area contributed by atoms with E-state index in [1.807, 2.05) is 0 Å². The van der Waals surface area contributed by atoms with Gasteiger partial charge in [0.2, 0.25) is 0 Å². The second-order valence-electron chi connectivity index (χ2n) is 9.54. The topological polar surface area (TPSA) is 18.5 Å². The van der Waals surface area contributed by atoms with E-state index in [0.717, 1.165) is 26.4 Å². The first-order chi connectivity index (χ1) is 15.1. The van der Waals surface area contributed by atoms with Gasteiger partial charge in [0.1, 0.15) is 8.07 Å². The molecular formula is C28H42O2Si. The molecule has 1 aliphatic carbocycles. The number of hydrogen-bond donors (Lipinski definition) is 0. The minimum absolute atomic E-state index is 0.129. The Morgan fingerprint density at radius 1 is 0.774 bits per heavy atom. The van der Waals surface area contributed by atoms with Crippen molar-refractivity contribution in [2.24, 2.45) is 11.3 Å². The van der Waals surface area contributed by atoms with E-state index in [4.69, 9.17) is 9.47 Å². The van der Waals surface area contributed by atoms with E-state index in [2.05, 4.69) is 81.1 Å². The Labute approximate surface area is 191 Å². The standard InChI is InChI=1S/C28H42O2Si/c1-4-29-23-28(24-30-5-2,25-15-9-6-10-16-25)21-22-31(3,26-17-11-7-12-18-26)27-19-13-8-14-20-27/h7-8,11-14,17-20,25H,4-6,9-10,15-16,21-24H2,1-3H3. The molecule has 0 unspecified atom stereocenters. The second kappa shape index (κ2) is 12.0. The number of ether oxygens (including phenoxy) is 2. The molecule has 170 valence electrons. The van der Waals surface area contributed by atoms with Crippen molar-refractivity contribution in [1.29, 1.82) is 0 Å². The monoisotopic (exact) mass is 438 g/mol. The van der Waals surface area contributed by atoms with Crippen LogP contribution in [0, 0.1) is 11.3 Å². The Morgan fingerprint density at radius 2 is 1.26 bits per heavy atom. The van der Waals surface area contributed by atoms with Gasteiger partial charge in [-0.1, -0.05) is 96.8 Å². The van der Waals surface area contributed by atoms with Crippen LogP contribution in [0.2, 0.25) is 12.6 Å². The van der Waals surface area contributed by atoms with E-state index < -0.39 is 8.07 Å². The van der Waals surface area contributed by atoms with Crippen LogP contribution in [0.15, 0.2) is 60.7 Å². The van der Waals surface area contributed by atoms with Crippen LogP contribution in [0.1, 0.15) is 52.4 Å². The first-order valence-corrected chi connectivity index (χ1v) is 15.1. The molecule has 3 heteroatoms. The van der Waals surface area contributed by atoms with Crippen molar-refractivity contribution >= 4 is 18.4 Å². The highest BCUT2D eigenvalue weighted by atomic mass is 28.3. The van der Waals surface area contributed by atoms with Gasteiger partial charge < -0.3 is 9.47 Å². The van der Waals surface area contributed by atoms with Crippen molar-refractivity contribution < 1.29 is 9.47 Å². The van der Waals surface area contributed by atoms with Crippen molar-refractivity contribution in [1.82, 2.24) is 0 Å². The first-order valence-electron chi connectivity index (χ1n) is 12.4. The second-order valence-corrected chi connectivity index (χ2v) is 13.9. The van der Waals surface area contributed by atoms with Crippen LogP contribution in [0.4, 0.5) is 0 Å². The highest BCUT2D eigenvalue weighted by molar-refractivity contribution is 7.01. The van der Waals surface area contributed by atoms with Crippen LogP contribution in [0.5, 0.6) is 0 Å². The van der Waals surface area contributed by atoms with Crippen molar-refractivity contribution in [3.63, 3.8) is 0 Å². The highest BCUT2D eigenvalue weighted by Gasteiger charge is 2.42. The van der Waals surface area contributed by atoms with Gasteiger partial charge in [-0.2, -0.15) is 0 Å². The Kier molecular flexibility index (Phi) is 9.37. The molecule has 1 fully saturated rings. The summed E-state index contributed by atoms with van der Waals surface area (Å²) in [5.41, 5.74) is 0.129. The zero-order chi connectivity index (χ0) is 22.0. The maximum absolute atomic E-state index is 6.16. The predicted molar refractivity (Wildman–Crippen MR) is 135 cm³/mol. The summed E-state index contributed by atoms with van der Waals surface area (Å²) >= 11 is 0. The summed E-state index contributed by atoms with van der Waals surface area (Å²) in [4.78, 5) is 0. The molecule has 2 aromatic carbocycles. The lowest BCUT2D eigenvalue weighted by molar-refractivity contribution is -0.0626. The van der Waals surface area contributed by atoms with E-state index >= 15 is 0 Å². The van der Waals surface area contributed by atoms with E-state index in [0.29, 0.717) is 5.92 Å². The lowest BCUT2D eigenvalue weighted by Crippen LogP contribution is -2.56. The predicted octanol–water partition coefficient (Wildman–Crippen LogP) is 5.91. The number of benzene rings is 2. The summed E-state index contributed by atoms with van der Waals surface area (Å²) in [6.07, 6.45) is 7.94. The lowest BCUT2D eigenvalue weighted by Gasteiger charge is -2.44. The average molecular weight is 439 g/mol. The molecule has 0 heterocycles. The van der Waals surface area contributed by atoms with E-state index in [1.54, 1.807) is 0 Å². The van der Waals surface area contributed by atoms with Crippen LogP contribution >= 0.6 is 0 Å². The minimum atomic E-state index is -1.86. The fourth-order valence-corrected chi connectivity index (χ4v) is 9.28. The van der Waals surface area contributed by atoms with Gasteiger partial charge in [0.05, 0.1) is 13.2 Å². The van der Waals surface area contributed by atoms with Crippen LogP contribution in [-0.2, 0) is 9.47 Å². The normalized spacial score (nSPS) is 15.8. The third-order valence-corrected chi connectivity index (χ3v) is 12.1. The molecule has 0 amide bonds. The number of rotatable bonds is 12. The SMILES string of the molecule is CCOCC(CC[Si](C)(c1ccccc1)c1ccccc1)(COCC)C1CCCCC1. The summed E-state index contributed by atoms with van der Waals surface area (Å²) < 4.78 is 12.3. The smallest absolute Gasteiger partial charge is 0.115 e. The summed E-state index contributed by atoms with van der Waals surface area (Å²) in [6.45, 7) is 10.0. The van der Waals surface area contributed by atoms with Crippen molar-refractivity contribution in [3.05, 3.63) is 60.7 Å². The molecule has 0 N–H and O–H groups in total. The molecule has 1 aliphatic rings. The van der Waals surface area contributed by atoms with E-state index in [-0.39, 0.29) is 5.41 Å². The molecule has 0 aromatic heterocycles. The van der Waals surface area contributed by atoms with Gasteiger partial charge in [-0.15, -0.1) is 0 Å². The average Bonchev–Trinajstić information content (AvgIpc) is 2.85. The van der Waals surface area contributed by atoms with Gasteiger partial charge in [-0.05, 0) is 45.1 Å².